The van der Waals surface area contributed by atoms with Crippen molar-refractivity contribution in [3.05, 3.63) is 59.4 Å². The zero-order chi connectivity index (χ0) is 26.5. The number of amides is 2. The summed E-state index contributed by atoms with van der Waals surface area (Å²) >= 11 is 0. The second kappa shape index (κ2) is 12.0. The molecule has 0 spiro atoms. The highest BCUT2D eigenvalue weighted by molar-refractivity contribution is 6.00. The summed E-state index contributed by atoms with van der Waals surface area (Å²) in [6.07, 6.45) is 2.71. The number of nitrogens with one attached hydrogen (secondary N) is 1. The van der Waals surface area contributed by atoms with Gasteiger partial charge in [0, 0.05) is 51.4 Å². The quantitative estimate of drug-likeness (QED) is 0.637. The molecule has 1 aliphatic heterocycles. The van der Waals surface area contributed by atoms with E-state index in [1.165, 1.54) is 12.1 Å². The molecule has 8 heteroatoms. The number of halogens is 1. The lowest BCUT2D eigenvalue weighted by molar-refractivity contribution is -0.122. The number of carbonyl (C=O) groups is 2. The molecule has 2 amide bonds. The highest BCUT2D eigenvalue weighted by Crippen LogP contribution is 2.30. The molecule has 2 aromatic rings. The summed E-state index contributed by atoms with van der Waals surface area (Å²) in [5.41, 5.74) is 2.02. The number of methoxy groups -OCH3 is 1. The van der Waals surface area contributed by atoms with E-state index in [-0.39, 0.29) is 41.6 Å². The van der Waals surface area contributed by atoms with E-state index >= 15 is 0 Å². The minimum absolute atomic E-state index is 0.000551. The predicted octanol–water partition coefficient (Wildman–Crippen LogP) is 4.57. The minimum atomic E-state index is -0.255. The molecule has 4 rings (SSSR count). The number of benzene rings is 2. The first-order valence-electron chi connectivity index (χ1n) is 13.1. The van der Waals surface area contributed by atoms with E-state index in [1.807, 2.05) is 0 Å². The van der Waals surface area contributed by atoms with Crippen LogP contribution in [0.15, 0.2) is 42.5 Å². The molecule has 0 aromatic heterocycles. The summed E-state index contributed by atoms with van der Waals surface area (Å²) in [5.74, 6) is 0.214. The number of carbonyl (C=O) groups excluding carboxylic acids is 2. The van der Waals surface area contributed by atoms with Gasteiger partial charge in [-0.1, -0.05) is 25.5 Å². The van der Waals surface area contributed by atoms with E-state index in [9.17, 15) is 14.0 Å². The van der Waals surface area contributed by atoms with Crippen molar-refractivity contribution in [3.63, 3.8) is 0 Å². The molecule has 37 heavy (non-hydrogen) atoms. The minimum Gasteiger partial charge on any atom is -0.491 e. The van der Waals surface area contributed by atoms with E-state index < -0.39 is 0 Å². The Bertz CT molecular complexity index is 1090. The normalized spacial score (nSPS) is 23.8. The number of hydrogen-bond donors (Lipinski definition) is 1. The van der Waals surface area contributed by atoms with E-state index in [1.54, 1.807) is 49.4 Å². The zero-order valence-corrected chi connectivity index (χ0v) is 22.2. The number of likely N-dealkylation sites (N-methyl/N-ethyl adjacent to an activating group) is 1. The lowest BCUT2D eigenvalue weighted by Crippen LogP contribution is -2.46. The van der Waals surface area contributed by atoms with Crippen molar-refractivity contribution in [2.75, 3.05) is 39.2 Å². The molecule has 1 saturated carbocycles. The number of rotatable bonds is 5. The van der Waals surface area contributed by atoms with Crippen molar-refractivity contribution in [3.8, 4) is 5.75 Å². The molecule has 3 atom stereocenters. The summed E-state index contributed by atoms with van der Waals surface area (Å²) in [5, 5.41) is 2.96. The van der Waals surface area contributed by atoms with Gasteiger partial charge in [0.15, 0.2) is 0 Å². The molecule has 7 nitrogen and oxygen atoms in total. The molecule has 0 radical (unpaired) electrons. The van der Waals surface area contributed by atoms with E-state index in [0.29, 0.717) is 36.7 Å². The molecule has 1 fully saturated rings. The number of nitrogens with zero attached hydrogens (tertiary/aromatic N) is 2. The zero-order valence-electron chi connectivity index (χ0n) is 22.2. The Kier molecular flexibility index (Phi) is 8.82. The highest BCUT2D eigenvalue weighted by atomic mass is 19.1. The Morgan fingerprint density at radius 1 is 1.14 bits per heavy atom. The van der Waals surface area contributed by atoms with Gasteiger partial charge < -0.3 is 19.7 Å². The van der Waals surface area contributed by atoms with Crippen molar-refractivity contribution in [2.45, 2.75) is 51.8 Å². The maximum atomic E-state index is 13.5. The van der Waals surface area contributed by atoms with Crippen LogP contribution in [0.3, 0.4) is 0 Å². The van der Waals surface area contributed by atoms with Crippen LogP contribution in [-0.2, 0) is 16.1 Å². The van der Waals surface area contributed by atoms with Gasteiger partial charge in [-0.3, -0.25) is 14.5 Å². The maximum Gasteiger partial charge on any atom is 0.257 e. The lowest BCUT2D eigenvalue weighted by atomic mass is 9.85. The first kappa shape index (κ1) is 27.1. The molecular formula is C29H38FN3O4. The average molecular weight is 512 g/mol. The summed E-state index contributed by atoms with van der Waals surface area (Å²) in [6.45, 7) is 6.34. The Labute approximate surface area is 218 Å². The molecule has 1 aliphatic carbocycles. The molecule has 200 valence electrons. The monoisotopic (exact) mass is 511 g/mol. The SMILES string of the molecule is CO[C@H]1CN(C)C(=O)c2cc(NC(=O)C3CCC3)ccc2OC[C@H](C)N(Cc2ccc(F)cc2)C[C@H]1C. The van der Waals surface area contributed by atoms with Crippen molar-refractivity contribution in [1.82, 2.24) is 9.80 Å². The largest absolute Gasteiger partial charge is 0.491 e. The van der Waals surface area contributed by atoms with Crippen LogP contribution in [0.1, 0.15) is 49.0 Å². The first-order valence-corrected chi connectivity index (χ1v) is 13.1. The van der Waals surface area contributed by atoms with Crippen LogP contribution in [0.5, 0.6) is 5.75 Å². The topological polar surface area (TPSA) is 71.1 Å². The van der Waals surface area contributed by atoms with Crippen molar-refractivity contribution >= 4 is 17.5 Å². The summed E-state index contributed by atoms with van der Waals surface area (Å²) in [4.78, 5) is 30.0. The van der Waals surface area contributed by atoms with Crippen LogP contribution < -0.4 is 10.1 Å². The summed E-state index contributed by atoms with van der Waals surface area (Å²) in [7, 11) is 3.43. The molecular weight excluding hydrogens is 473 g/mol. The van der Waals surface area contributed by atoms with Crippen molar-refractivity contribution < 1.29 is 23.5 Å². The fourth-order valence-electron chi connectivity index (χ4n) is 4.89. The first-order chi connectivity index (χ1) is 17.7. The van der Waals surface area contributed by atoms with Crippen LogP contribution in [0.25, 0.3) is 0 Å². The highest BCUT2D eigenvalue weighted by Gasteiger charge is 2.29. The van der Waals surface area contributed by atoms with Gasteiger partial charge in [0.05, 0.1) is 11.7 Å². The average Bonchev–Trinajstić information content (AvgIpc) is 2.84. The van der Waals surface area contributed by atoms with E-state index in [0.717, 1.165) is 31.4 Å². The maximum absolute atomic E-state index is 13.5. The van der Waals surface area contributed by atoms with Gasteiger partial charge in [-0.15, -0.1) is 0 Å². The third kappa shape index (κ3) is 6.67. The predicted molar refractivity (Wildman–Crippen MR) is 141 cm³/mol. The standard InChI is InChI=1S/C29H38FN3O4/c1-19-15-33(16-21-8-10-23(30)11-9-21)20(2)18-37-26-13-12-24(31-28(34)22-6-5-7-22)14-25(26)29(35)32(3)17-27(19)36-4/h8-14,19-20,22,27H,5-7,15-18H2,1-4H3,(H,31,34)/t19-,20+,27+/m1/s1. The second-order valence-corrected chi connectivity index (χ2v) is 10.5. The van der Waals surface area contributed by atoms with E-state index in [4.69, 9.17) is 9.47 Å². The van der Waals surface area contributed by atoms with Gasteiger partial charge in [-0.2, -0.15) is 0 Å². The molecule has 0 bridgehead atoms. The van der Waals surface area contributed by atoms with Crippen LogP contribution in [0.2, 0.25) is 0 Å². The van der Waals surface area contributed by atoms with Gasteiger partial charge in [-0.05, 0) is 61.6 Å². The molecule has 1 heterocycles. The van der Waals surface area contributed by atoms with Crippen LogP contribution >= 0.6 is 0 Å². The van der Waals surface area contributed by atoms with Gasteiger partial charge in [0.2, 0.25) is 5.91 Å². The number of fused-ring (bicyclic) bond motifs is 1. The Morgan fingerprint density at radius 3 is 2.51 bits per heavy atom. The van der Waals surface area contributed by atoms with Crippen molar-refractivity contribution in [1.29, 1.82) is 0 Å². The van der Waals surface area contributed by atoms with Crippen LogP contribution in [0.4, 0.5) is 10.1 Å². The van der Waals surface area contributed by atoms with Gasteiger partial charge in [0.1, 0.15) is 18.2 Å². The summed E-state index contributed by atoms with van der Waals surface area (Å²) < 4.78 is 25.5. The Morgan fingerprint density at radius 2 is 1.86 bits per heavy atom. The molecule has 2 aromatic carbocycles. The fraction of sp³-hybridized carbons (Fsp3) is 0.517. The summed E-state index contributed by atoms with van der Waals surface area (Å²) in [6, 6.07) is 11.8. The lowest BCUT2D eigenvalue weighted by Gasteiger charge is -2.36. The fourth-order valence-corrected chi connectivity index (χ4v) is 4.89. The molecule has 0 saturated heterocycles. The third-order valence-corrected chi connectivity index (χ3v) is 7.62. The van der Waals surface area contributed by atoms with Gasteiger partial charge in [-0.25, -0.2) is 4.39 Å². The number of anilines is 1. The number of ether oxygens (including phenoxy) is 2. The van der Waals surface area contributed by atoms with Crippen LogP contribution in [0, 0.1) is 17.7 Å². The Balaban J connectivity index is 1.60. The Hall–Kier alpha value is -2.97. The molecule has 2 aliphatic rings. The van der Waals surface area contributed by atoms with E-state index in [2.05, 4.69) is 24.1 Å². The second-order valence-electron chi connectivity index (χ2n) is 10.5. The van der Waals surface area contributed by atoms with Crippen LogP contribution in [-0.4, -0.2) is 67.6 Å². The third-order valence-electron chi connectivity index (χ3n) is 7.62. The smallest absolute Gasteiger partial charge is 0.257 e. The molecule has 0 unspecified atom stereocenters. The van der Waals surface area contributed by atoms with Gasteiger partial charge >= 0.3 is 0 Å². The number of hydrogen-bond acceptors (Lipinski definition) is 5. The van der Waals surface area contributed by atoms with Crippen molar-refractivity contribution in [2.24, 2.45) is 11.8 Å². The van der Waals surface area contributed by atoms with Gasteiger partial charge in [0.25, 0.3) is 5.91 Å². The molecule has 1 N–H and O–H groups in total.